The first kappa shape index (κ1) is 16.0. The largest absolute Gasteiger partial charge is 0.493 e. The molecule has 4 nitrogen and oxygen atoms in total. The summed E-state index contributed by atoms with van der Waals surface area (Å²) in [5.41, 5.74) is 7.75. The number of anilines is 2. The normalized spacial score (nSPS) is 16.9. The lowest BCUT2D eigenvalue weighted by molar-refractivity contribution is 0.215. The first-order chi connectivity index (χ1) is 10.2. The van der Waals surface area contributed by atoms with E-state index in [0.29, 0.717) is 0 Å². The topological polar surface area (TPSA) is 50.5 Å². The van der Waals surface area contributed by atoms with Gasteiger partial charge in [-0.25, -0.2) is 0 Å². The van der Waals surface area contributed by atoms with E-state index >= 15 is 0 Å². The highest BCUT2D eigenvalue weighted by atomic mass is 16.5. The zero-order chi connectivity index (χ0) is 15.1. The van der Waals surface area contributed by atoms with Crippen LogP contribution in [0.2, 0.25) is 0 Å². The van der Waals surface area contributed by atoms with Crippen molar-refractivity contribution < 1.29 is 4.74 Å². The molecule has 0 radical (unpaired) electrons. The molecular formula is C17H29N3O. The second-order valence-corrected chi connectivity index (χ2v) is 6.10. The Kier molecular flexibility index (Phi) is 6.18. The number of ether oxygens (including phenoxy) is 1. The smallest absolute Gasteiger partial charge is 0.123 e. The van der Waals surface area contributed by atoms with Gasteiger partial charge in [0.15, 0.2) is 0 Å². The van der Waals surface area contributed by atoms with Crippen molar-refractivity contribution in [2.24, 2.45) is 5.92 Å². The Hall–Kier alpha value is -1.42. The van der Waals surface area contributed by atoms with Gasteiger partial charge in [-0.3, -0.25) is 0 Å². The molecule has 0 saturated carbocycles. The number of hydrogen-bond donors (Lipinski definition) is 2. The van der Waals surface area contributed by atoms with Crippen molar-refractivity contribution in [3.8, 4) is 5.75 Å². The van der Waals surface area contributed by atoms with Gasteiger partial charge in [0.2, 0.25) is 0 Å². The standard InChI is InChI=1S/C17H29N3O/c1-3-10-21-17-12-15(18)11-16(13-17)19-7-4-14-5-8-20(2)9-6-14/h11-14,19H,3-10,18H2,1-2H3. The van der Waals surface area contributed by atoms with Gasteiger partial charge in [-0.2, -0.15) is 0 Å². The van der Waals surface area contributed by atoms with E-state index in [4.69, 9.17) is 10.5 Å². The molecule has 0 bridgehead atoms. The van der Waals surface area contributed by atoms with Gasteiger partial charge < -0.3 is 20.7 Å². The molecule has 3 N–H and O–H groups in total. The highest BCUT2D eigenvalue weighted by Crippen LogP contribution is 2.24. The van der Waals surface area contributed by atoms with Gasteiger partial charge in [-0.1, -0.05) is 6.92 Å². The monoisotopic (exact) mass is 291 g/mol. The van der Waals surface area contributed by atoms with Crippen LogP contribution in [0.4, 0.5) is 11.4 Å². The Morgan fingerprint density at radius 1 is 1.29 bits per heavy atom. The van der Waals surface area contributed by atoms with Gasteiger partial charge in [-0.15, -0.1) is 0 Å². The van der Waals surface area contributed by atoms with Gasteiger partial charge in [-0.05, 0) is 57.8 Å². The van der Waals surface area contributed by atoms with Crippen LogP contribution in [0.3, 0.4) is 0 Å². The number of hydrogen-bond acceptors (Lipinski definition) is 4. The van der Waals surface area contributed by atoms with E-state index < -0.39 is 0 Å². The van der Waals surface area contributed by atoms with E-state index in [1.54, 1.807) is 0 Å². The number of benzene rings is 1. The summed E-state index contributed by atoms with van der Waals surface area (Å²) < 4.78 is 5.66. The molecule has 0 unspecified atom stereocenters. The van der Waals surface area contributed by atoms with Crippen molar-refractivity contribution in [2.75, 3.05) is 44.3 Å². The number of nitrogen functional groups attached to an aromatic ring is 1. The second kappa shape index (κ2) is 8.13. The summed E-state index contributed by atoms with van der Waals surface area (Å²) in [6.45, 7) is 6.31. The van der Waals surface area contributed by atoms with Crippen molar-refractivity contribution in [2.45, 2.75) is 32.6 Å². The molecular weight excluding hydrogens is 262 g/mol. The molecule has 0 amide bonds. The van der Waals surface area contributed by atoms with Crippen LogP contribution in [0.1, 0.15) is 32.6 Å². The molecule has 1 aliphatic heterocycles. The molecule has 21 heavy (non-hydrogen) atoms. The van der Waals surface area contributed by atoms with Gasteiger partial charge in [0.05, 0.1) is 6.61 Å². The third kappa shape index (κ3) is 5.46. The van der Waals surface area contributed by atoms with Gasteiger partial charge in [0, 0.05) is 30.1 Å². The third-order valence-electron chi connectivity index (χ3n) is 4.12. The molecule has 0 aliphatic carbocycles. The summed E-state index contributed by atoms with van der Waals surface area (Å²) in [6.07, 6.45) is 4.88. The van der Waals surface area contributed by atoms with Crippen molar-refractivity contribution in [3.63, 3.8) is 0 Å². The molecule has 0 atom stereocenters. The molecule has 0 aromatic heterocycles. The number of nitrogens with one attached hydrogen (secondary N) is 1. The SMILES string of the molecule is CCCOc1cc(N)cc(NCCC2CCN(C)CC2)c1. The zero-order valence-corrected chi connectivity index (χ0v) is 13.4. The second-order valence-electron chi connectivity index (χ2n) is 6.10. The Labute approximate surface area is 128 Å². The lowest BCUT2D eigenvalue weighted by Gasteiger charge is -2.29. The van der Waals surface area contributed by atoms with E-state index in [1.807, 2.05) is 18.2 Å². The Bertz CT molecular complexity index is 428. The zero-order valence-electron chi connectivity index (χ0n) is 13.4. The molecule has 0 spiro atoms. The Morgan fingerprint density at radius 3 is 2.76 bits per heavy atom. The van der Waals surface area contributed by atoms with Crippen LogP contribution in [0, 0.1) is 5.92 Å². The molecule has 4 heteroatoms. The van der Waals surface area contributed by atoms with Crippen LogP contribution in [-0.4, -0.2) is 38.2 Å². The fraction of sp³-hybridized carbons (Fsp3) is 0.647. The predicted molar refractivity (Wildman–Crippen MR) is 90.0 cm³/mol. The van der Waals surface area contributed by atoms with Crippen LogP contribution < -0.4 is 15.8 Å². The van der Waals surface area contributed by atoms with Crippen molar-refractivity contribution in [1.82, 2.24) is 4.90 Å². The number of nitrogens with zero attached hydrogens (tertiary/aromatic N) is 1. The highest BCUT2D eigenvalue weighted by molar-refractivity contribution is 5.59. The minimum Gasteiger partial charge on any atom is -0.493 e. The molecule has 1 saturated heterocycles. The van der Waals surface area contributed by atoms with Crippen molar-refractivity contribution in [1.29, 1.82) is 0 Å². The molecule has 1 heterocycles. The first-order valence-corrected chi connectivity index (χ1v) is 8.13. The third-order valence-corrected chi connectivity index (χ3v) is 4.12. The molecule has 118 valence electrons. The van der Waals surface area contributed by atoms with Gasteiger partial charge in [0.25, 0.3) is 0 Å². The fourth-order valence-corrected chi connectivity index (χ4v) is 2.80. The van der Waals surface area contributed by atoms with E-state index in [-0.39, 0.29) is 0 Å². The van der Waals surface area contributed by atoms with Gasteiger partial charge in [0.1, 0.15) is 5.75 Å². The summed E-state index contributed by atoms with van der Waals surface area (Å²) in [4.78, 5) is 2.42. The number of likely N-dealkylation sites (tertiary alicyclic amines) is 1. The Morgan fingerprint density at radius 2 is 2.05 bits per heavy atom. The maximum absolute atomic E-state index is 5.94. The fourth-order valence-electron chi connectivity index (χ4n) is 2.80. The average molecular weight is 291 g/mol. The van der Waals surface area contributed by atoms with Gasteiger partial charge >= 0.3 is 0 Å². The van der Waals surface area contributed by atoms with E-state index in [0.717, 1.165) is 42.6 Å². The number of nitrogens with two attached hydrogens (primary N) is 1. The van der Waals surface area contributed by atoms with Crippen LogP contribution in [0.15, 0.2) is 18.2 Å². The first-order valence-electron chi connectivity index (χ1n) is 8.13. The van der Waals surface area contributed by atoms with E-state index in [1.165, 1.54) is 32.4 Å². The minimum absolute atomic E-state index is 0.735. The molecule has 2 rings (SSSR count). The predicted octanol–water partition coefficient (Wildman–Crippen LogP) is 3.20. The summed E-state index contributed by atoms with van der Waals surface area (Å²) in [5, 5.41) is 3.49. The minimum atomic E-state index is 0.735. The average Bonchev–Trinajstić information content (AvgIpc) is 2.47. The molecule has 1 aromatic rings. The lowest BCUT2D eigenvalue weighted by Crippen LogP contribution is -2.30. The maximum Gasteiger partial charge on any atom is 0.123 e. The summed E-state index contributed by atoms with van der Waals surface area (Å²) >= 11 is 0. The summed E-state index contributed by atoms with van der Waals surface area (Å²) in [6, 6.07) is 5.91. The van der Waals surface area contributed by atoms with E-state index in [2.05, 4.69) is 24.2 Å². The molecule has 1 fully saturated rings. The highest BCUT2D eigenvalue weighted by Gasteiger charge is 2.15. The number of piperidine rings is 1. The van der Waals surface area contributed by atoms with Crippen LogP contribution in [0.25, 0.3) is 0 Å². The van der Waals surface area contributed by atoms with Crippen molar-refractivity contribution >= 4 is 11.4 Å². The van der Waals surface area contributed by atoms with Crippen LogP contribution in [0.5, 0.6) is 5.75 Å². The Balaban J connectivity index is 1.78. The van der Waals surface area contributed by atoms with Crippen molar-refractivity contribution in [3.05, 3.63) is 18.2 Å². The molecule has 1 aliphatic rings. The summed E-state index contributed by atoms with van der Waals surface area (Å²) in [5.74, 6) is 1.71. The van der Waals surface area contributed by atoms with Crippen LogP contribution >= 0.6 is 0 Å². The maximum atomic E-state index is 5.94. The van der Waals surface area contributed by atoms with E-state index in [9.17, 15) is 0 Å². The summed E-state index contributed by atoms with van der Waals surface area (Å²) in [7, 11) is 2.21. The quantitative estimate of drug-likeness (QED) is 0.758. The lowest BCUT2D eigenvalue weighted by atomic mass is 9.94. The molecule has 1 aromatic carbocycles. The van der Waals surface area contributed by atoms with Crippen LogP contribution in [-0.2, 0) is 0 Å². The number of rotatable bonds is 7.